The molecule has 2 aromatic heterocycles. The lowest BCUT2D eigenvalue weighted by Crippen LogP contribution is -2.25. The second-order valence-electron chi connectivity index (χ2n) is 6.93. The minimum atomic E-state index is -0.518. The second-order valence-corrected chi connectivity index (χ2v) is 8.36. The van der Waals surface area contributed by atoms with E-state index in [-0.39, 0.29) is 5.91 Å². The third kappa shape index (κ3) is 4.75. The van der Waals surface area contributed by atoms with E-state index in [1.54, 1.807) is 24.3 Å². The van der Waals surface area contributed by atoms with E-state index in [2.05, 4.69) is 29.0 Å². The topological polar surface area (TPSA) is 71.5 Å². The van der Waals surface area contributed by atoms with Crippen molar-refractivity contribution in [1.29, 1.82) is 0 Å². The van der Waals surface area contributed by atoms with Crippen LogP contribution in [0, 0.1) is 0 Å². The summed E-state index contributed by atoms with van der Waals surface area (Å²) in [4.78, 5) is 32.9. The molecule has 3 rings (SSSR count). The molecule has 0 spiro atoms. The average Bonchev–Trinajstić information content (AvgIpc) is 3.04. The number of amides is 1. The summed E-state index contributed by atoms with van der Waals surface area (Å²) in [5.74, 6) is -0.879. The Morgan fingerprint density at radius 3 is 2.69 bits per heavy atom. The number of methoxy groups -OCH3 is 1. The number of pyridine rings is 1. The van der Waals surface area contributed by atoms with Gasteiger partial charge in [0.05, 0.1) is 18.5 Å². The van der Waals surface area contributed by atoms with Gasteiger partial charge in [-0.3, -0.25) is 9.69 Å². The van der Waals surface area contributed by atoms with Crippen LogP contribution in [0.4, 0.5) is 5.69 Å². The van der Waals surface area contributed by atoms with Crippen molar-refractivity contribution in [2.24, 2.45) is 0 Å². The van der Waals surface area contributed by atoms with E-state index in [0.29, 0.717) is 44.0 Å². The number of hydrogen-bond donors (Lipinski definition) is 1. The molecule has 152 valence electrons. The zero-order chi connectivity index (χ0) is 21.1. The minimum absolute atomic E-state index is 0.305. The number of thiophene rings is 1. The van der Waals surface area contributed by atoms with Gasteiger partial charge >= 0.3 is 5.97 Å². The third-order valence-corrected chi connectivity index (χ3v) is 5.92. The highest BCUT2D eigenvalue weighted by atomic mass is 35.5. The smallest absolute Gasteiger partial charge is 0.350 e. The zero-order valence-electron chi connectivity index (χ0n) is 16.7. The van der Waals surface area contributed by atoms with Crippen LogP contribution in [0.2, 0.25) is 5.02 Å². The number of carbonyl (C=O) groups is 2. The number of esters is 1. The number of carbonyl (C=O) groups excluding carboxylic acids is 2. The molecule has 1 N–H and O–H groups in total. The van der Waals surface area contributed by atoms with Crippen molar-refractivity contribution in [1.82, 2.24) is 9.88 Å². The van der Waals surface area contributed by atoms with Crippen LogP contribution < -0.4 is 5.32 Å². The summed E-state index contributed by atoms with van der Waals surface area (Å²) in [5, 5.41) is 3.99. The Morgan fingerprint density at radius 1 is 1.28 bits per heavy atom. The first kappa shape index (κ1) is 21.2. The lowest BCUT2D eigenvalue weighted by atomic mass is 10.2. The summed E-state index contributed by atoms with van der Waals surface area (Å²) in [7, 11) is 3.34. The number of aromatic nitrogens is 1. The van der Waals surface area contributed by atoms with Crippen molar-refractivity contribution < 1.29 is 14.3 Å². The number of ether oxygens (including phenoxy) is 1. The van der Waals surface area contributed by atoms with E-state index in [1.807, 2.05) is 19.2 Å². The fourth-order valence-electron chi connectivity index (χ4n) is 2.72. The van der Waals surface area contributed by atoms with Gasteiger partial charge < -0.3 is 10.1 Å². The van der Waals surface area contributed by atoms with Crippen LogP contribution >= 0.6 is 22.9 Å². The predicted octanol–water partition coefficient (Wildman–Crippen LogP) is 4.83. The molecular weight excluding hydrogens is 410 g/mol. The molecule has 0 radical (unpaired) electrons. The lowest BCUT2D eigenvalue weighted by molar-refractivity contribution is 0.0607. The fraction of sp³-hybridized carbons (Fsp3) is 0.286. The summed E-state index contributed by atoms with van der Waals surface area (Å²) >= 11 is 7.19. The van der Waals surface area contributed by atoms with Crippen LogP contribution in [0.3, 0.4) is 0 Å². The van der Waals surface area contributed by atoms with Crippen LogP contribution in [0.5, 0.6) is 0 Å². The molecule has 8 heteroatoms. The standard InChI is InChI=1S/C21H22ClN3O3S/c1-12(2)25(3)11-15-8-9-16-17(18(21(27)28-4)29-20(16)23-15)24-19(26)13-6-5-7-14(22)10-13/h5-10,12H,11H2,1-4H3,(H,24,26). The van der Waals surface area contributed by atoms with Gasteiger partial charge in [-0.25, -0.2) is 9.78 Å². The first-order valence-electron chi connectivity index (χ1n) is 9.08. The molecule has 0 unspecified atom stereocenters. The molecule has 0 aliphatic heterocycles. The molecule has 2 heterocycles. The van der Waals surface area contributed by atoms with E-state index in [1.165, 1.54) is 18.4 Å². The van der Waals surface area contributed by atoms with Crippen molar-refractivity contribution in [2.75, 3.05) is 19.5 Å². The number of nitrogens with one attached hydrogen (secondary N) is 1. The molecule has 29 heavy (non-hydrogen) atoms. The Balaban J connectivity index is 2.00. The molecular formula is C21H22ClN3O3S. The van der Waals surface area contributed by atoms with Crippen LogP contribution in [0.1, 0.15) is 39.6 Å². The fourth-order valence-corrected chi connectivity index (χ4v) is 3.98. The van der Waals surface area contributed by atoms with E-state index in [0.717, 1.165) is 5.69 Å². The quantitative estimate of drug-likeness (QED) is 0.566. The molecule has 0 saturated carbocycles. The van der Waals surface area contributed by atoms with Gasteiger partial charge in [-0.2, -0.15) is 0 Å². The van der Waals surface area contributed by atoms with Crippen molar-refractivity contribution >= 4 is 50.7 Å². The number of fused-ring (bicyclic) bond motifs is 1. The molecule has 1 aromatic carbocycles. The zero-order valence-corrected chi connectivity index (χ0v) is 18.2. The summed E-state index contributed by atoms with van der Waals surface area (Å²) in [6.07, 6.45) is 0. The number of hydrogen-bond acceptors (Lipinski definition) is 6. The van der Waals surface area contributed by atoms with Crippen LogP contribution in [-0.4, -0.2) is 42.0 Å². The highest BCUT2D eigenvalue weighted by Crippen LogP contribution is 2.36. The van der Waals surface area contributed by atoms with E-state index in [9.17, 15) is 9.59 Å². The molecule has 0 aliphatic rings. The van der Waals surface area contributed by atoms with E-state index >= 15 is 0 Å². The van der Waals surface area contributed by atoms with Crippen molar-refractivity contribution in [2.45, 2.75) is 26.4 Å². The van der Waals surface area contributed by atoms with Gasteiger partial charge in [0, 0.05) is 28.6 Å². The molecule has 1 amide bonds. The number of halogens is 1. The van der Waals surface area contributed by atoms with Gasteiger partial charge in [-0.1, -0.05) is 17.7 Å². The van der Waals surface area contributed by atoms with Crippen molar-refractivity contribution in [3.63, 3.8) is 0 Å². The Labute approximate surface area is 178 Å². The molecule has 0 atom stereocenters. The summed E-state index contributed by atoms with van der Waals surface area (Å²) in [5.41, 5.74) is 1.69. The van der Waals surface area contributed by atoms with Crippen molar-refractivity contribution in [3.05, 3.63) is 57.6 Å². The Bertz CT molecular complexity index is 1060. The SMILES string of the molecule is COC(=O)c1sc2nc(CN(C)C(C)C)ccc2c1NC(=O)c1cccc(Cl)c1. The highest BCUT2D eigenvalue weighted by molar-refractivity contribution is 7.21. The third-order valence-electron chi connectivity index (χ3n) is 4.60. The van der Waals surface area contributed by atoms with Crippen LogP contribution in [-0.2, 0) is 11.3 Å². The Kier molecular flexibility index (Phi) is 6.52. The number of anilines is 1. The van der Waals surface area contributed by atoms with Gasteiger partial charge in [0.25, 0.3) is 5.91 Å². The van der Waals surface area contributed by atoms with Gasteiger partial charge in [-0.15, -0.1) is 11.3 Å². The Morgan fingerprint density at radius 2 is 2.03 bits per heavy atom. The van der Waals surface area contributed by atoms with Gasteiger partial charge in [0.15, 0.2) is 0 Å². The normalized spacial score (nSPS) is 11.3. The molecule has 0 saturated heterocycles. The molecule has 0 bridgehead atoms. The second kappa shape index (κ2) is 8.90. The van der Waals surface area contributed by atoms with Gasteiger partial charge in [-0.05, 0) is 51.2 Å². The van der Waals surface area contributed by atoms with Crippen molar-refractivity contribution in [3.8, 4) is 0 Å². The average molecular weight is 432 g/mol. The molecule has 3 aromatic rings. The minimum Gasteiger partial charge on any atom is -0.465 e. The summed E-state index contributed by atoms with van der Waals surface area (Å²) in [6.45, 7) is 4.91. The summed E-state index contributed by atoms with van der Waals surface area (Å²) in [6, 6.07) is 10.8. The van der Waals surface area contributed by atoms with Gasteiger partial charge in [0.2, 0.25) is 0 Å². The van der Waals surface area contributed by atoms with Crippen LogP contribution in [0.15, 0.2) is 36.4 Å². The maximum absolute atomic E-state index is 12.7. The van der Waals surface area contributed by atoms with Gasteiger partial charge in [0.1, 0.15) is 9.71 Å². The highest BCUT2D eigenvalue weighted by Gasteiger charge is 2.22. The first-order chi connectivity index (χ1) is 13.8. The molecule has 0 aliphatic carbocycles. The largest absolute Gasteiger partial charge is 0.465 e. The predicted molar refractivity (Wildman–Crippen MR) is 117 cm³/mol. The summed E-state index contributed by atoms with van der Waals surface area (Å²) < 4.78 is 4.90. The maximum atomic E-state index is 12.7. The van der Waals surface area contributed by atoms with E-state index < -0.39 is 5.97 Å². The maximum Gasteiger partial charge on any atom is 0.350 e. The number of nitrogens with zero attached hydrogens (tertiary/aromatic N) is 2. The number of benzene rings is 1. The van der Waals surface area contributed by atoms with Crippen LogP contribution in [0.25, 0.3) is 10.2 Å². The Hall–Kier alpha value is -2.48. The molecule has 0 fully saturated rings. The lowest BCUT2D eigenvalue weighted by Gasteiger charge is -2.20. The monoisotopic (exact) mass is 431 g/mol. The first-order valence-corrected chi connectivity index (χ1v) is 10.3. The number of rotatable bonds is 6. The van der Waals surface area contributed by atoms with E-state index in [4.69, 9.17) is 16.3 Å². The molecule has 6 nitrogen and oxygen atoms in total.